The minimum absolute atomic E-state index is 0. The number of hydrogen-bond acceptors (Lipinski definition) is 3. The van der Waals surface area contributed by atoms with Gasteiger partial charge in [-0.2, -0.15) is 0 Å². The summed E-state index contributed by atoms with van der Waals surface area (Å²) < 4.78 is 6.00. The lowest BCUT2D eigenvalue weighted by Crippen LogP contribution is -2.48. The first-order valence-electron chi connectivity index (χ1n) is 9.27. The summed E-state index contributed by atoms with van der Waals surface area (Å²) in [5.74, 6) is 1.42. The SMILES string of the molecule is Cc1cc(OC(C)C(=O)N2C3CCNCC2CC3)ccc1C(C)C.Cl. The number of hydrogen-bond donors (Lipinski definition) is 1. The summed E-state index contributed by atoms with van der Waals surface area (Å²) in [6, 6.07) is 6.88. The Bertz CT molecular complexity index is 591. The van der Waals surface area contributed by atoms with Crippen molar-refractivity contribution in [2.75, 3.05) is 13.1 Å². The zero-order chi connectivity index (χ0) is 17.3. The van der Waals surface area contributed by atoms with E-state index in [4.69, 9.17) is 4.74 Å². The second-order valence-electron chi connectivity index (χ2n) is 7.56. The van der Waals surface area contributed by atoms with E-state index in [0.29, 0.717) is 18.0 Å². The summed E-state index contributed by atoms with van der Waals surface area (Å²) >= 11 is 0. The van der Waals surface area contributed by atoms with Crippen LogP contribution in [-0.4, -0.2) is 42.1 Å². The van der Waals surface area contributed by atoms with Gasteiger partial charge in [-0.05, 0) is 68.8 Å². The molecule has 0 spiro atoms. The first-order chi connectivity index (χ1) is 11.5. The molecule has 0 radical (unpaired) electrons. The van der Waals surface area contributed by atoms with Crippen molar-refractivity contribution in [1.29, 1.82) is 0 Å². The van der Waals surface area contributed by atoms with Crippen molar-refractivity contribution in [3.05, 3.63) is 29.3 Å². The Morgan fingerprint density at radius 2 is 1.92 bits per heavy atom. The fourth-order valence-electron chi connectivity index (χ4n) is 4.18. The van der Waals surface area contributed by atoms with Gasteiger partial charge in [-0.1, -0.05) is 19.9 Å². The van der Waals surface area contributed by atoms with Crippen LogP contribution in [0, 0.1) is 6.92 Å². The predicted octanol–water partition coefficient (Wildman–Crippen LogP) is 3.66. The molecule has 3 unspecified atom stereocenters. The minimum atomic E-state index is -0.435. The van der Waals surface area contributed by atoms with Crippen LogP contribution in [0.1, 0.15) is 57.1 Å². The normalized spacial score (nSPS) is 23.8. The van der Waals surface area contributed by atoms with Crippen LogP contribution >= 0.6 is 12.4 Å². The zero-order valence-corrected chi connectivity index (χ0v) is 16.6. The molecule has 0 aromatic heterocycles. The molecule has 2 heterocycles. The van der Waals surface area contributed by atoms with Crippen LogP contribution in [-0.2, 0) is 4.79 Å². The molecule has 1 aromatic rings. The van der Waals surface area contributed by atoms with Crippen LogP contribution in [0.3, 0.4) is 0 Å². The van der Waals surface area contributed by atoms with Gasteiger partial charge in [0.05, 0.1) is 0 Å². The minimum Gasteiger partial charge on any atom is -0.481 e. The molecule has 1 N–H and O–H groups in total. The number of nitrogens with one attached hydrogen (secondary N) is 1. The third kappa shape index (κ3) is 4.29. The maximum Gasteiger partial charge on any atom is 0.263 e. The smallest absolute Gasteiger partial charge is 0.263 e. The maximum absolute atomic E-state index is 12.9. The number of carbonyl (C=O) groups is 1. The molecule has 2 saturated heterocycles. The topological polar surface area (TPSA) is 41.6 Å². The molecule has 2 aliphatic rings. The molecule has 3 atom stereocenters. The zero-order valence-electron chi connectivity index (χ0n) is 15.7. The summed E-state index contributed by atoms with van der Waals surface area (Å²) in [5, 5.41) is 3.44. The Hall–Kier alpha value is -1.26. The summed E-state index contributed by atoms with van der Waals surface area (Å²) in [4.78, 5) is 15.0. The highest BCUT2D eigenvalue weighted by atomic mass is 35.5. The summed E-state index contributed by atoms with van der Waals surface area (Å²) in [6.07, 6.45) is 2.86. The molecule has 2 aliphatic heterocycles. The lowest BCUT2D eigenvalue weighted by molar-refractivity contribution is -0.140. The van der Waals surface area contributed by atoms with Crippen LogP contribution < -0.4 is 10.1 Å². The van der Waals surface area contributed by atoms with Gasteiger partial charge in [-0.15, -0.1) is 12.4 Å². The molecule has 5 heteroatoms. The molecule has 0 aliphatic carbocycles. The molecule has 4 nitrogen and oxygen atoms in total. The first-order valence-corrected chi connectivity index (χ1v) is 9.27. The van der Waals surface area contributed by atoms with Crippen molar-refractivity contribution in [2.45, 2.75) is 71.1 Å². The van der Waals surface area contributed by atoms with Crippen molar-refractivity contribution in [1.82, 2.24) is 10.2 Å². The fraction of sp³-hybridized carbons (Fsp3) is 0.650. The van der Waals surface area contributed by atoms with E-state index in [2.05, 4.69) is 43.1 Å². The number of ether oxygens (including phenoxy) is 1. The molecule has 140 valence electrons. The quantitative estimate of drug-likeness (QED) is 0.884. The number of aryl methyl sites for hydroxylation is 1. The molecule has 1 aromatic carbocycles. The van der Waals surface area contributed by atoms with Crippen LogP contribution in [0.4, 0.5) is 0 Å². The molecule has 0 saturated carbocycles. The second kappa shape index (κ2) is 8.41. The van der Waals surface area contributed by atoms with Gasteiger partial charge in [0.25, 0.3) is 5.91 Å². The Morgan fingerprint density at radius 1 is 1.20 bits per heavy atom. The summed E-state index contributed by atoms with van der Waals surface area (Å²) in [5.41, 5.74) is 2.55. The molecule has 3 rings (SSSR count). The Labute approximate surface area is 157 Å². The Kier molecular flexibility index (Phi) is 6.75. The van der Waals surface area contributed by atoms with E-state index in [1.807, 2.05) is 13.0 Å². The van der Waals surface area contributed by atoms with Gasteiger partial charge < -0.3 is 15.0 Å². The third-order valence-electron chi connectivity index (χ3n) is 5.43. The van der Waals surface area contributed by atoms with E-state index in [0.717, 1.165) is 38.1 Å². The number of amides is 1. The third-order valence-corrected chi connectivity index (χ3v) is 5.43. The number of rotatable bonds is 4. The van der Waals surface area contributed by atoms with Gasteiger partial charge in [-0.25, -0.2) is 0 Å². The van der Waals surface area contributed by atoms with Crippen molar-refractivity contribution in [3.8, 4) is 5.75 Å². The van der Waals surface area contributed by atoms with Gasteiger partial charge in [0, 0.05) is 18.6 Å². The van der Waals surface area contributed by atoms with E-state index >= 15 is 0 Å². The van der Waals surface area contributed by atoms with Gasteiger partial charge in [0.2, 0.25) is 0 Å². The van der Waals surface area contributed by atoms with Crippen LogP contribution in [0.5, 0.6) is 5.75 Å². The van der Waals surface area contributed by atoms with Crippen LogP contribution in [0.2, 0.25) is 0 Å². The van der Waals surface area contributed by atoms with Crippen LogP contribution in [0.25, 0.3) is 0 Å². The predicted molar refractivity (Wildman–Crippen MR) is 104 cm³/mol. The van der Waals surface area contributed by atoms with Gasteiger partial charge in [0.1, 0.15) is 5.75 Å². The number of benzene rings is 1. The van der Waals surface area contributed by atoms with Crippen molar-refractivity contribution >= 4 is 18.3 Å². The Balaban J connectivity index is 0.00000225. The van der Waals surface area contributed by atoms with Crippen molar-refractivity contribution in [2.24, 2.45) is 0 Å². The number of halogens is 1. The number of carbonyl (C=O) groups excluding carboxylic acids is 1. The van der Waals surface area contributed by atoms with Crippen molar-refractivity contribution in [3.63, 3.8) is 0 Å². The second-order valence-corrected chi connectivity index (χ2v) is 7.56. The first kappa shape index (κ1) is 20.1. The fourth-order valence-corrected chi connectivity index (χ4v) is 4.18. The number of nitrogens with zero attached hydrogens (tertiary/aromatic N) is 1. The average Bonchev–Trinajstić information content (AvgIpc) is 2.79. The van der Waals surface area contributed by atoms with Gasteiger partial charge in [0.15, 0.2) is 6.10 Å². The molecular formula is C20H31ClN2O2. The number of fused-ring (bicyclic) bond motifs is 2. The summed E-state index contributed by atoms with van der Waals surface area (Å²) in [7, 11) is 0. The van der Waals surface area contributed by atoms with Gasteiger partial charge in [-0.3, -0.25) is 4.79 Å². The standard InChI is InChI=1S/C20H30N2O2.ClH/c1-13(2)19-8-7-18(11-14(19)3)24-15(4)20(23)22-16-5-6-17(22)12-21-10-9-16;/h7-8,11,13,15-17,21H,5-6,9-10,12H2,1-4H3;1H. The van der Waals surface area contributed by atoms with Gasteiger partial charge >= 0.3 is 0 Å². The van der Waals surface area contributed by atoms with E-state index in [1.165, 1.54) is 11.1 Å². The highest BCUT2D eigenvalue weighted by Crippen LogP contribution is 2.30. The van der Waals surface area contributed by atoms with Crippen LogP contribution in [0.15, 0.2) is 18.2 Å². The van der Waals surface area contributed by atoms with Crippen molar-refractivity contribution < 1.29 is 9.53 Å². The summed E-state index contributed by atoms with van der Waals surface area (Å²) in [6.45, 7) is 10.3. The molecular weight excluding hydrogens is 336 g/mol. The van der Waals surface area contributed by atoms with E-state index in [-0.39, 0.29) is 18.3 Å². The molecule has 2 bridgehead atoms. The maximum atomic E-state index is 12.9. The lowest BCUT2D eigenvalue weighted by atomic mass is 9.98. The van der Waals surface area contributed by atoms with E-state index in [9.17, 15) is 4.79 Å². The van der Waals surface area contributed by atoms with E-state index < -0.39 is 6.10 Å². The largest absolute Gasteiger partial charge is 0.481 e. The average molecular weight is 367 g/mol. The monoisotopic (exact) mass is 366 g/mol. The molecule has 25 heavy (non-hydrogen) atoms. The molecule has 1 amide bonds. The highest BCUT2D eigenvalue weighted by molar-refractivity contribution is 5.85. The van der Waals surface area contributed by atoms with E-state index in [1.54, 1.807) is 0 Å². The highest BCUT2D eigenvalue weighted by Gasteiger charge is 2.40. The molecule has 2 fully saturated rings. The Morgan fingerprint density at radius 3 is 2.60 bits per heavy atom. The lowest BCUT2D eigenvalue weighted by Gasteiger charge is -2.30.